The first-order chi connectivity index (χ1) is 9.33. The second-order valence-corrected chi connectivity index (χ2v) is 5.47. The fraction of sp³-hybridized carbons (Fsp3) is 0.500. The molecule has 3 heteroatoms. The van der Waals surface area contributed by atoms with Crippen LogP contribution < -0.4 is 5.32 Å². The molecule has 0 atom stereocenters. The molecule has 19 heavy (non-hydrogen) atoms. The predicted molar refractivity (Wildman–Crippen MR) is 76.2 cm³/mol. The number of aliphatic hydroxyl groups is 1. The molecule has 1 aromatic heterocycles. The zero-order valence-corrected chi connectivity index (χ0v) is 11.1. The van der Waals surface area contributed by atoms with Crippen molar-refractivity contribution in [2.75, 3.05) is 6.54 Å². The summed E-state index contributed by atoms with van der Waals surface area (Å²) in [5, 5.41) is 14.3. The summed E-state index contributed by atoms with van der Waals surface area (Å²) >= 11 is 0. The van der Waals surface area contributed by atoms with Crippen molar-refractivity contribution in [3.8, 4) is 0 Å². The van der Waals surface area contributed by atoms with Crippen molar-refractivity contribution in [1.29, 1.82) is 0 Å². The number of benzene rings is 1. The topological polar surface area (TPSA) is 45.4 Å². The molecule has 1 fully saturated rings. The highest BCUT2D eigenvalue weighted by Gasteiger charge is 2.18. The Morgan fingerprint density at radius 1 is 1.16 bits per heavy atom. The summed E-state index contributed by atoms with van der Waals surface area (Å²) in [6, 6.07) is 8.75. The third kappa shape index (κ3) is 2.99. The van der Waals surface area contributed by atoms with Gasteiger partial charge in [-0.05, 0) is 50.3 Å². The van der Waals surface area contributed by atoms with E-state index in [1.54, 1.807) is 0 Å². The number of hydrogen-bond donors (Lipinski definition) is 2. The molecule has 3 nitrogen and oxygen atoms in total. The van der Waals surface area contributed by atoms with E-state index in [0.717, 1.165) is 44.2 Å². The quantitative estimate of drug-likeness (QED) is 0.887. The van der Waals surface area contributed by atoms with Crippen LogP contribution in [0.5, 0.6) is 0 Å². The summed E-state index contributed by atoms with van der Waals surface area (Å²) in [6.45, 7) is 0.976. The van der Waals surface area contributed by atoms with Gasteiger partial charge in [-0.3, -0.25) is 0 Å². The van der Waals surface area contributed by atoms with Crippen molar-refractivity contribution < 1.29 is 9.52 Å². The SMILES string of the molecule is OC1CCC(NCCc2coc3ccccc23)CC1. The van der Waals surface area contributed by atoms with Gasteiger partial charge >= 0.3 is 0 Å². The minimum absolute atomic E-state index is 0.0733. The van der Waals surface area contributed by atoms with Crippen LogP contribution in [0.25, 0.3) is 11.0 Å². The van der Waals surface area contributed by atoms with Crippen LogP contribution in [-0.2, 0) is 6.42 Å². The summed E-state index contributed by atoms with van der Waals surface area (Å²) in [4.78, 5) is 0. The van der Waals surface area contributed by atoms with Gasteiger partial charge in [0.2, 0.25) is 0 Å². The second kappa shape index (κ2) is 5.76. The molecule has 0 aliphatic heterocycles. The van der Waals surface area contributed by atoms with Crippen LogP contribution in [0.2, 0.25) is 0 Å². The van der Waals surface area contributed by atoms with Gasteiger partial charge in [0, 0.05) is 11.4 Å². The van der Waals surface area contributed by atoms with Crippen molar-refractivity contribution in [1.82, 2.24) is 5.32 Å². The molecule has 2 aromatic rings. The minimum atomic E-state index is -0.0733. The molecular weight excluding hydrogens is 238 g/mol. The van der Waals surface area contributed by atoms with Crippen LogP contribution in [0.3, 0.4) is 0 Å². The summed E-state index contributed by atoms with van der Waals surface area (Å²) in [6.07, 6.45) is 6.85. The van der Waals surface area contributed by atoms with Gasteiger partial charge in [0.05, 0.1) is 12.4 Å². The van der Waals surface area contributed by atoms with Crippen LogP contribution in [0.15, 0.2) is 34.9 Å². The predicted octanol–water partition coefficient (Wildman–Crippen LogP) is 2.87. The lowest BCUT2D eigenvalue weighted by Crippen LogP contribution is -2.35. The third-order valence-electron chi connectivity index (χ3n) is 4.09. The van der Waals surface area contributed by atoms with Gasteiger partial charge in [-0.2, -0.15) is 0 Å². The highest BCUT2D eigenvalue weighted by Crippen LogP contribution is 2.21. The normalized spacial score (nSPS) is 23.8. The maximum absolute atomic E-state index is 9.48. The molecule has 1 saturated carbocycles. The Hall–Kier alpha value is -1.32. The molecule has 0 unspecified atom stereocenters. The average Bonchev–Trinajstić information content (AvgIpc) is 2.85. The molecule has 1 aliphatic carbocycles. The van der Waals surface area contributed by atoms with Crippen LogP contribution in [0.1, 0.15) is 31.2 Å². The Labute approximate surface area is 113 Å². The van der Waals surface area contributed by atoms with Gasteiger partial charge in [0.25, 0.3) is 0 Å². The lowest BCUT2D eigenvalue weighted by molar-refractivity contribution is 0.117. The molecule has 0 amide bonds. The number of hydrogen-bond acceptors (Lipinski definition) is 3. The van der Waals surface area contributed by atoms with E-state index in [9.17, 15) is 5.11 Å². The van der Waals surface area contributed by atoms with Crippen LogP contribution >= 0.6 is 0 Å². The van der Waals surface area contributed by atoms with Crippen molar-refractivity contribution in [3.05, 3.63) is 36.1 Å². The van der Waals surface area contributed by atoms with Gasteiger partial charge in [-0.1, -0.05) is 18.2 Å². The van der Waals surface area contributed by atoms with E-state index in [4.69, 9.17) is 4.42 Å². The van der Waals surface area contributed by atoms with Gasteiger partial charge in [0.1, 0.15) is 5.58 Å². The third-order valence-corrected chi connectivity index (χ3v) is 4.09. The Kier molecular flexibility index (Phi) is 3.85. The molecule has 1 aliphatic rings. The molecule has 0 spiro atoms. The first-order valence-electron chi connectivity index (χ1n) is 7.19. The summed E-state index contributed by atoms with van der Waals surface area (Å²) in [5.74, 6) is 0. The fourth-order valence-corrected chi connectivity index (χ4v) is 2.92. The number of furan rings is 1. The number of para-hydroxylation sites is 1. The van der Waals surface area contributed by atoms with Gasteiger partial charge < -0.3 is 14.8 Å². The number of fused-ring (bicyclic) bond motifs is 1. The van der Waals surface area contributed by atoms with Gasteiger partial charge in [-0.15, -0.1) is 0 Å². The Morgan fingerprint density at radius 2 is 1.95 bits per heavy atom. The first kappa shape index (κ1) is 12.7. The van der Waals surface area contributed by atoms with E-state index in [1.807, 2.05) is 18.4 Å². The van der Waals surface area contributed by atoms with E-state index in [1.165, 1.54) is 10.9 Å². The van der Waals surface area contributed by atoms with Crippen molar-refractivity contribution in [3.63, 3.8) is 0 Å². The van der Waals surface area contributed by atoms with E-state index in [-0.39, 0.29) is 6.10 Å². The van der Waals surface area contributed by atoms with Crippen LogP contribution in [-0.4, -0.2) is 23.8 Å². The lowest BCUT2D eigenvalue weighted by atomic mass is 9.93. The van der Waals surface area contributed by atoms with Crippen molar-refractivity contribution in [2.45, 2.75) is 44.2 Å². The molecular formula is C16H21NO2. The number of nitrogens with one attached hydrogen (secondary N) is 1. The van der Waals surface area contributed by atoms with Gasteiger partial charge in [0.15, 0.2) is 0 Å². The maximum atomic E-state index is 9.48. The zero-order valence-electron chi connectivity index (χ0n) is 11.1. The zero-order chi connectivity index (χ0) is 13.1. The Morgan fingerprint density at radius 3 is 2.79 bits per heavy atom. The van der Waals surface area contributed by atoms with E-state index >= 15 is 0 Å². The minimum Gasteiger partial charge on any atom is -0.464 e. The van der Waals surface area contributed by atoms with E-state index < -0.39 is 0 Å². The molecule has 102 valence electrons. The number of aliphatic hydroxyl groups excluding tert-OH is 1. The monoisotopic (exact) mass is 259 g/mol. The average molecular weight is 259 g/mol. The first-order valence-corrected chi connectivity index (χ1v) is 7.19. The standard InChI is InChI=1S/C16H21NO2/c18-14-7-5-13(6-8-14)17-10-9-12-11-19-16-4-2-1-3-15(12)16/h1-4,11,13-14,17-18H,5-10H2. The van der Waals surface area contributed by atoms with Gasteiger partial charge in [-0.25, -0.2) is 0 Å². The summed E-state index contributed by atoms with van der Waals surface area (Å²) in [5.41, 5.74) is 2.25. The lowest BCUT2D eigenvalue weighted by Gasteiger charge is -2.26. The van der Waals surface area contributed by atoms with E-state index in [2.05, 4.69) is 17.4 Å². The Balaban J connectivity index is 1.52. The second-order valence-electron chi connectivity index (χ2n) is 5.47. The molecule has 1 aromatic carbocycles. The highest BCUT2D eigenvalue weighted by atomic mass is 16.3. The van der Waals surface area contributed by atoms with Crippen molar-refractivity contribution in [2.24, 2.45) is 0 Å². The molecule has 3 rings (SSSR count). The smallest absolute Gasteiger partial charge is 0.134 e. The number of rotatable bonds is 4. The molecule has 0 radical (unpaired) electrons. The highest BCUT2D eigenvalue weighted by molar-refractivity contribution is 5.80. The summed E-state index contributed by atoms with van der Waals surface area (Å²) < 4.78 is 5.54. The molecule has 0 saturated heterocycles. The Bertz CT molecular complexity index is 526. The van der Waals surface area contributed by atoms with Crippen molar-refractivity contribution >= 4 is 11.0 Å². The molecule has 1 heterocycles. The molecule has 0 bridgehead atoms. The maximum Gasteiger partial charge on any atom is 0.134 e. The van der Waals surface area contributed by atoms with E-state index in [0.29, 0.717) is 6.04 Å². The van der Waals surface area contributed by atoms with Crippen LogP contribution in [0, 0.1) is 0 Å². The molecule has 2 N–H and O–H groups in total. The largest absolute Gasteiger partial charge is 0.464 e. The fourth-order valence-electron chi connectivity index (χ4n) is 2.92. The van der Waals surface area contributed by atoms with Crippen LogP contribution in [0.4, 0.5) is 0 Å². The summed E-state index contributed by atoms with van der Waals surface area (Å²) in [7, 11) is 0.